The molecule has 1 aliphatic rings. The zero-order valence-corrected chi connectivity index (χ0v) is 12.7. The average Bonchev–Trinajstić information content (AvgIpc) is 2.80. The summed E-state index contributed by atoms with van der Waals surface area (Å²) in [6.45, 7) is 6.10. The van der Waals surface area contributed by atoms with E-state index in [0.29, 0.717) is 6.04 Å². The quantitative estimate of drug-likeness (QED) is 0.834. The Morgan fingerprint density at radius 3 is 2.26 bits per heavy atom. The van der Waals surface area contributed by atoms with E-state index in [2.05, 4.69) is 24.4 Å². The monoisotopic (exact) mass is 279 g/mol. The minimum atomic E-state index is -0.582. The molecule has 1 aromatic carbocycles. The summed E-state index contributed by atoms with van der Waals surface area (Å²) in [4.78, 5) is 12.2. The molecule has 2 nitrogen and oxygen atoms in total. The van der Waals surface area contributed by atoms with Crippen molar-refractivity contribution in [2.24, 2.45) is 0 Å². The van der Waals surface area contributed by atoms with Crippen LogP contribution in [0.2, 0.25) is 0 Å². The number of carbonyl (C=O) groups is 1. The molecular formula is C16H22ClNO. The number of amides is 1. The van der Waals surface area contributed by atoms with Crippen molar-refractivity contribution in [1.29, 1.82) is 0 Å². The van der Waals surface area contributed by atoms with Gasteiger partial charge in [-0.05, 0) is 50.3 Å². The Balaban J connectivity index is 2.14. The fourth-order valence-corrected chi connectivity index (χ4v) is 3.47. The van der Waals surface area contributed by atoms with Crippen LogP contribution in [0.3, 0.4) is 0 Å². The lowest BCUT2D eigenvalue weighted by Gasteiger charge is -2.19. The molecule has 1 aromatic rings. The fourth-order valence-electron chi connectivity index (χ4n) is 3.07. The third-order valence-corrected chi connectivity index (χ3v) is 4.34. The molecule has 1 unspecified atom stereocenters. The van der Waals surface area contributed by atoms with E-state index in [1.54, 1.807) is 0 Å². The minimum Gasteiger partial charge on any atom is -0.352 e. The van der Waals surface area contributed by atoms with Crippen molar-refractivity contribution in [3.05, 3.63) is 34.4 Å². The Kier molecular flexibility index (Phi) is 4.51. The molecule has 3 heteroatoms. The first-order chi connectivity index (χ1) is 8.99. The average molecular weight is 280 g/mol. The van der Waals surface area contributed by atoms with Crippen molar-refractivity contribution in [3.8, 4) is 0 Å². The van der Waals surface area contributed by atoms with Crippen LogP contribution in [0.5, 0.6) is 0 Å². The summed E-state index contributed by atoms with van der Waals surface area (Å²) in [6.07, 6.45) is 4.59. The van der Waals surface area contributed by atoms with Gasteiger partial charge in [0.2, 0.25) is 5.91 Å². The standard InChI is InChI=1S/C16H22ClNO/c1-10-8-11(2)14(12(3)9-10)15(17)16(19)18-13-6-4-5-7-13/h8-9,13,15H,4-7H2,1-3H3,(H,18,19). The van der Waals surface area contributed by atoms with Crippen LogP contribution in [0, 0.1) is 20.8 Å². The first-order valence-electron chi connectivity index (χ1n) is 7.01. The Bertz CT molecular complexity index is 455. The molecule has 0 spiro atoms. The maximum atomic E-state index is 12.2. The second-order valence-electron chi connectivity index (χ2n) is 5.66. The van der Waals surface area contributed by atoms with Crippen LogP contribution < -0.4 is 5.32 Å². The normalized spacial score (nSPS) is 17.5. The van der Waals surface area contributed by atoms with Gasteiger partial charge in [-0.25, -0.2) is 0 Å². The van der Waals surface area contributed by atoms with Gasteiger partial charge >= 0.3 is 0 Å². The van der Waals surface area contributed by atoms with Crippen molar-refractivity contribution in [2.45, 2.75) is 57.9 Å². The zero-order chi connectivity index (χ0) is 14.0. The summed E-state index contributed by atoms with van der Waals surface area (Å²) in [5, 5.41) is 2.49. The maximum Gasteiger partial charge on any atom is 0.242 e. The molecular weight excluding hydrogens is 258 g/mol. The van der Waals surface area contributed by atoms with Crippen LogP contribution in [-0.4, -0.2) is 11.9 Å². The summed E-state index contributed by atoms with van der Waals surface area (Å²) in [5.41, 5.74) is 4.36. The van der Waals surface area contributed by atoms with Gasteiger partial charge in [0.05, 0.1) is 0 Å². The van der Waals surface area contributed by atoms with E-state index in [1.165, 1.54) is 18.4 Å². The van der Waals surface area contributed by atoms with Gasteiger partial charge < -0.3 is 5.32 Å². The van der Waals surface area contributed by atoms with E-state index < -0.39 is 5.38 Å². The molecule has 0 heterocycles. The van der Waals surface area contributed by atoms with Crippen molar-refractivity contribution in [2.75, 3.05) is 0 Å². The maximum absolute atomic E-state index is 12.2. The number of hydrogen-bond donors (Lipinski definition) is 1. The first kappa shape index (κ1) is 14.4. The number of nitrogens with one attached hydrogen (secondary N) is 1. The van der Waals surface area contributed by atoms with Crippen LogP contribution >= 0.6 is 11.6 Å². The van der Waals surface area contributed by atoms with Crippen molar-refractivity contribution in [1.82, 2.24) is 5.32 Å². The highest BCUT2D eigenvalue weighted by Crippen LogP contribution is 2.29. The minimum absolute atomic E-state index is 0.0522. The number of benzene rings is 1. The van der Waals surface area contributed by atoms with E-state index >= 15 is 0 Å². The molecule has 0 aliphatic heterocycles. The molecule has 1 fully saturated rings. The number of carbonyl (C=O) groups excluding carboxylic acids is 1. The Morgan fingerprint density at radius 2 is 1.74 bits per heavy atom. The largest absolute Gasteiger partial charge is 0.352 e. The summed E-state index contributed by atoms with van der Waals surface area (Å²) in [5.74, 6) is -0.0522. The van der Waals surface area contributed by atoms with Crippen LogP contribution in [-0.2, 0) is 4.79 Å². The second-order valence-corrected chi connectivity index (χ2v) is 6.10. The fraction of sp³-hybridized carbons (Fsp3) is 0.562. The molecule has 0 aromatic heterocycles. The molecule has 19 heavy (non-hydrogen) atoms. The highest BCUT2D eigenvalue weighted by Gasteiger charge is 2.25. The molecule has 1 atom stereocenters. The van der Waals surface area contributed by atoms with Crippen molar-refractivity contribution >= 4 is 17.5 Å². The van der Waals surface area contributed by atoms with Crippen molar-refractivity contribution in [3.63, 3.8) is 0 Å². The van der Waals surface area contributed by atoms with Gasteiger partial charge in [-0.15, -0.1) is 11.6 Å². The lowest BCUT2D eigenvalue weighted by atomic mass is 9.96. The zero-order valence-electron chi connectivity index (χ0n) is 11.9. The van der Waals surface area contributed by atoms with E-state index in [4.69, 9.17) is 11.6 Å². The van der Waals surface area contributed by atoms with Crippen LogP contribution in [0.4, 0.5) is 0 Å². The van der Waals surface area contributed by atoms with Gasteiger partial charge in [0, 0.05) is 6.04 Å². The lowest BCUT2D eigenvalue weighted by Crippen LogP contribution is -2.35. The molecule has 1 N–H and O–H groups in total. The third-order valence-electron chi connectivity index (χ3n) is 3.92. The molecule has 104 valence electrons. The number of alkyl halides is 1. The van der Waals surface area contributed by atoms with Gasteiger partial charge in [0.1, 0.15) is 5.38 Å². The second kappa shape index (κ2) is 5.96. The molecule has 0 bridgehead atoms. The number of hydrogen-bond acceptors (Lipinski definition) is 1. The third kappa shape index (κ3) is 3.30. The summed E-state index contributed by atoms with van der Waals surface area (Å²) in [7, 11) is 0. The van der Waals surface area contributed by atoms with E-state index in [9.17, 15) is 4.79 Å². The number of aryl methyl sites for hydroxylation is 3. The molecule has 1 aliphatic carbocycles. The summed E-state index contributed by atoms with van der Waals surface area (Å²) in [6, 6.07) is 4.49. The lowest BCUT2D eigenvalue weighted by molar-refractivity contribution is -0.121. The molecule has 1 amide bonds. The van der Waals surface area contributed by atoms with Crippen LogP contribution in [0.25, 0.3) is 0 Å². The number of rotatable bonds is 3. The van der Waals surface area contributed by atoms with Gasteiger partial charge in [-0.2, -0.15) is 0 Å². The first-order valence-corrected chi connectivity index (χ1v) is 7.45. The van der Waals surface area contributed by atoms with E-state index in [-0.39, 0.29) is 5.91 Å². The Hall–Kier alpha value is -1.02. The molecule has 2 rings (SSSR count). The number of halogens is 1. The van der Waals surface area contributed by atoms with Gasteiger partial charge in [0.25, 0.3) is 0 Å². The summed E-state index contributed by atoms with van der Waals surface area (Å²) >= 11 is 6.39. The predicted octanol–water partition coefficient (Wildman–Crippen LogP) is 3.95. The highest BCUT2D eigenvalue weighted by atomic mass is 35.5. The SMILES string of the molecule is Cc1cc(C)c(C(Cl)C(=O)NC2CCCC2)c(C)c1. The van der Waals surface area contributed by atoms with Crippen LogP contribution in [0.1, 0.15) is 53.3 Å². The predicted molar refractivity (Wildman–Crippen MR) is 79.6 cm³/mol. The smallest absolute Gasteiger partial charge is 0.242 e. The Labute approximate surface area is 120 Å². The van der Waals surface area contributed by atoms with Gasteiger partial charge in [-0.1, -0.05) is 30.5 Å². The van der Waals surface area contributed by atoms with Gasteiger partial charge in [-0.3, -0.25) is 4.79 Å². The summed E-state index contributed by atoms with van der Waals surface area (Å²) < 4.78 is 0. The van der Waals surface area contributed by atoms with Crippen molar-refractivity contribution < 1.29 is 4.79 Å². The Morgan fingerprint density at radius 1 is 1.21 bits per heavy atom. The van der Waals surface area contributed by atoms with E-state index in [0.717, 1.165) is 29.5 Å². The van der Waals surface area contributed by atoms with E-state index in [1.807, 2.05) is 13.8 Å². The molecule has 0 radical (unpaired) electrons. The highest BCUT2D eigenvalue weighted by molar-refractivity contribution is 6.31. The van der Waals surface area contributed by atoms with Gasteiger partial charge in [0.15, 0.2) is 0 Å². The van der Waals surface area contributed by atoms with Crippen LogP contribution in [0.15, 0.2) is 12.1 Å². The topological polar surface area (TPSA) is 29.1 Å². The molecule has 0 saturated heterocycles. The molecule has 1 saturated carbocycles.